The second-order valence-electron chi connectivity index (χ2n) is 8.46. The molecule has 2 aromatic rings. The van der Waals surface area contributed by atoms with E-state index in [1.165, 1.54) is 57.8 Å². The van der Waals surface area contributed by atoms with Gasteiger partial charge in [-0.05, 0) is 73.7 Å². The number of ether oxygens (including phenoxy) is 3. The zero-order valence-electron chi connectivity index (χ0n) is 18.8. The van der Waals surface area contributed by atoms with E-state index in [0.717, 1.165) is 24.5 Å². The lowest BCUT2D eigenvalue weighted by atomic mass is 9.90. The van der Waals surface area contributed by atoms with Crippen LogP contribution in [0.4, 0.5) is 0 Å². The molecule has 1 saturated carbocycles. The maximum absolute atomic E-state index is 12.4. The van der Waals surface area contributed by atoms with Gasteiger partial charge < -0.3 is 14.2 Å². The van der Waals surface area contributed by atoms with Gasteiger partial charge in [0.15, 0.2) is 0 Å². The zero-order chi connectivity index (χ0) is 21.7. The van der Waals surface area contributed by atoms with Crippen molar-refractivity contribution >= 4 is 5.97 Å². The smallest absolute Gasteiger partial charge is 0.343 e. The Bertz CT molecular complexity index is 761. The summed E-state index contributed by atoms with van der Waals surface area (Å²) in [5, 5.41) is 0. The highest BCUT2D eigenvalue weighted by molar-refractivity contribution is 5.91. The molecule has 0 aromatic heterocycles. The predicted molar refractivity (Wildman–Crippen MR) is 124 cm³/mol. The van der Waals surface area contributed by atoms with E-state index in [-0.39, 0.29) is 5.97 Å². The zero-order valence-corrected chi connectivity index (χ0v) is 18.8. The summed E-state index contributed by atoms with van der Waals surface area (Å²) in [5.41, 5.74) is 0.507. The van der Waals surface area contributed by atoms with E-state index in [4.69, 9.17) is 14.2 Å². The van der Waals surface area contributed by atoms with Gasteiger partial charge in [0.25, 0.3) is 0 Å². The first-order chi connectivity index (χ1) is 15.2. The van der Waals surface area contributed by atoms with E-state index in [9.17, 15) is 4.79 Å². The molecule has 0 N–H and O–H groups in total. The third-order valence-electron chi connectivity index (χ3n) is 5.85. The Morgan fingerprint density at radius 2 is 1.39 bits per heavy atom. The average Bonchev–Trinajstić information content (AvgIpc) is 2.82. The number of carbonyl (C=O) groups excluding carboxylic acids is 1. The monoisotopic (exact) mass is 424 g/mol. The van der Waals surface area contributed by atoms with Crippen LogP contribution in [0.5, 0.6) is 17.2 Å². The minimum absolute atomic E-state index is 0.373. The normalized spacial score (nSPS) is 14.2. The van der Waals surface area contributed by atoms with Crippen LogP contribution in [-0.4, -0.2) is 19.2 Å². The van der Waals surface area contributed by atoms with Crippen LogP contribution in [-0.2, 0) is 0 Å². The highest BCUT2D eigenvalue weighted by Gasteiger charge is 2.14. The highest BCUT2D eigenvalue weighted by Crippen LogP contribution is 2.25. The topological polar surface area (TPSA) is 44.8 Å². The van der Waals surface area contributed by atoms with E-state index < -0.39 is 0 Å². The minimum Gasteiger partial charge on any atom is -0.494 e. The van der Waals surface area contributed by atoms with Gasteiger partial charge in [-0.1, -0.05) is 51.9 Å². The van der Waals surface area contributed by atoms with E-state index >= 15 is 0 Å². The quantitative estimate of drug-likeness (QED) is 0.205. The van der Waals surface area contributed by atoms with Crippen LogP contribution in [0.3, 0.4) is 0 Å². The number of benzene rings is 2. The summed E-state index contributed by atoms with van der Waals surface area (Å²) < 4.78 is 17.2. The van der Waals surface area contributed by atoms with Crippen molar-refractivity contribution in [3.05, 3.63) is 54.1 Å². The van der Waals surface area contributed by atoms with Crippen LogP contribution in [0, 0.1) is 5.92 Å². The molecule has 0 bridgehead atoms. The molecule has 31 heavy (non-hydrogen) atoms. The minimum atomic E-state index is -0.373. The molecule has 0 heterocycles. The molecule has 0 saturated heterocycles. The first kappa shape index (κ1) is 23.2. The molecule has 0 unspecified atom stereocenters. The molecule has 1 fully saturated rings. The van der Waals surface area contributed by atoms with Gasteiger partial charge in [-0.2, -0.15) is 0 Å². The van der Waals surface area contributed by atoms with Gasteiger partial charge in [0.2, 0.25) is 0 Å². The fourth-order valence-corrected chi connectivity index (χ4v) is 3.92. The standard InChI is InChI=1S/C27H36O4/c1-2-3-4-5-9-20-29-24-14-12-23(13-15-24)27(28)31-26-18-16-25(17-19-26)30-21-22-10-7-6-8-11-22/h12-19,22H,2-11,20-21H2,1H3. The molecule has 0 aliphatic heterocycles. The third-order valence-corrected chi connectivity index (χ3v) is 5.85. The molecule has 0 radical (unpaired) electrons. The summed E-state index contributed by atoms with van der Waals surface area (Å²) in [6.45, 7) is 3.69. The molecular formula is C27H36O4. The Labute approximate surface area is 186 Å². The number of hydrogen-bond acceptors (Lipinski definition) is 4. The first-order valence-electron chi connectivity index (χ1n) is 11.9. The van der Waals surface area contributed by atoms with Crippen LogP contribution in [0.2, 0.25) is 0 Å². The molecule has 4 nitrogen and oxygen atoms in total. The van der Waals surface area contributed by atoms with Crippen molar-refractivity contribution < 1.29 is 19.0 Å². The van der Waals surface area contributed by atoms with Crippen molar-refractivity contribution in [1.29, 1.82) is 0 Å². The third kappa shape index (κ3) is 8.28. The summed E-state index contributed by atoms with van der Waals surface area (Å²) in [4.78, 5) is 12.4. The summed E-state index contributed by atoms with van der Waals surface area (Å²) in [6.07, 6.45) is 12.6. The van der Waals surface area contributed by atoms with Gasteiger partial charge in [0.05, 0.1) is 18.8 Å². The van der Waals surface area contributed by atoms with Crippen molar-refractivity contribution in [2.75, 3.05) is 13.2 Å². The average molecular weight is 425 g/mol. The van der Waals surface area contributed by atoms with E-state index in [2.05, 4.69) is 6.92 Å². The van der Waals surface area contributed by atoms with Crippen molar-refractivity contribution in [1.82, 2.24) is 0 Å². The van der Waals surface area contributed by atoms with Crippen molar-refractivity contribution in [2.45, 2.75) is 71.1 Å². The van der Waals surface area contributed by atoms with Gasteiger partial charge in [-0.25, -0.2) is 4.79 Å². The van der Waals surface area contributed by atoms with Gasteiger partial charge in [-0.3, -0.25) is 0 Å². The number of rotatable bonds is 12. The summed E-state index contributed by atoms with van der Waals surface area (Å²) >= 11 is 0. The fourth-order valence-electron chi connectivity index (χ4n) is 3.92. The largest absolute Gasteiger partial charge is 0.494 e. The molecular weight excluding hydrogens is 388 g/mol. The Kier molecular flexibility index (Phi) is 9.75. The molecule has 0 spiro atoms. The van der Waals surface area contributed by atoms with Crippen molar-refractivity contribution in [3.8, 4) is 17.2 Å². The lowest BCUT2D eigenvalue weighted by Crippen LogP contribution is -2.15. The molecule has 1 aliphatic rings. The highest BCUT2D eigenvalue weighted by atomic mass is 16.5. The summed E-state index contributed by atoms with van der Waals surface area (Å²) in [7, 11) is 0. The lowest BCUT2D eigenvalue weighted by Gasteiger charge is -2.21. The molecule has 3 rings (SSSR count). The number of carbonyl (C=O) groups is 1. The van der Waals surface area contributed by atoms with Gasteiger partial charge >= 0.3 is 5.97 Å². The molecule has 4 heteroatoms. The van der Waals surface area contributed by atoms with Crippen LogP contribution in [0.25, 0.3) is 0 Å². The van der Waals surface area contributed by atoms with Crippen LogP contribution < -0.4 is 14.2 Å². The Morgan fingerprint density at radius 1 is 0.774 bits per heavy atom. The SMILES string of the molecule is CCCCCCCOc1ccc(C(=O)Oc2ccc(OCC3CCCCC3)cc2)cc1. The Hall–Kier alpha value is -2.49. The molecule has 0 atom stereocenters. The lowest BCUT2D eigenvalue weighted by molar-refractivity contribution is 0.0734. The Balaban J connectivity index is 1.39. The van der Waals surface area contributed by atoms with E-state index in [1.54, 1.807) is 24.3 Å². The van der Waals surface area contributed by atoms with Gasteiger partial charge in [0.1, 0.15) is 17.2 Å². The van der Waals surface area contributed by atoms with E-state index in [0.29, 0.717) is 23.8 Å². The summed E-state index contributed by atoms with van der Waals surface area (Å²) in [6, 6.07) is 14.4. The van der Waals surface area contributed by atoms with Crippen LogP contribution in [0.15, 0.2) is 48.5 Å². The number of hydrogen-bond donors (Lipinski definition) is 0. The predicted octanol–water partition coefficient (Wildman–Crippen LogP) is 7.21. The molecule has 0 amide bonds. The molecule has 2 aromatic carbocycles. The van der Waals surface area contributed by atoms with Gasteiger partial charge in [0, 0.05) is 0 Å². The maximum Gasteiger partial charge on any atom is 0.343 e. The second-order valence-corrected chi connectivity index (χ2v) is 8.46. The summed E-state index contributed by atoms with van der Waals surface area (Å²) in [5.74, 6) is 2.41. The van der Waals surface area contributed by atoms with E-state index in [1.807, 2.05) is 24.3 Å². The van der Waals surface area contributed by atoms with Crippen LogP contribution >= 0.6 is 0 Å². The van der Waals surface area contributed by atoms with Crippen molar-refractivity contribution in [2.24, 2.45) is 5.92 Å². The molecule has 1 aliphatic carbocycles. The molecule has 168 valence electrons. The second kappa shape index (κ2) is 13.0. The number of esters is 1. The fraction of sp³-hybridized carbons (Fsp3) is 0.519. The van der Waals surface area contributed by atoms with Crippen LogP contribution in [0.1, 0.15) is 81.5 Å². The first-order valence-corrected chi connectivity index (χ1v) is 11.9. The van der Waals surface area contributed by atoms with Gasteiger partial charge in [-0.15, -0.1) is 0 Å². The number of unbranched alkanes of at least 4 members (excludes halogenated alkanes) is 4. The Morgan fingerprint density at radius 3 is 2.10 bits per heavy atom. The maximum atomic E-state index is 12.4. The van der Waals surface area contributed by atoms with Crippen molar-refractivity contribution in [3.63, 3.8) is 0 Å².